The molecule has 0 heterocycles. The van der Waals surface area contributed by atoms with Crippen LogP contribution in [0.2, 0.25) is 0 Å². The second-order valence-corrected chi connectivity index (χ2v) is 2.10. The molecule has 2 amide bonds. The lowest BCUT2D eigenvalue weighted by Gasteiger charge is -2.11. The predicted molar refractivity (Wildman–Crippen MR) is 32.9 cm³/mol. The van der Waals surface area contributed by atoms with E-state index in [1.807, 2.05) is 0 Å². The molecule has 0 aliphatic rings. The quantitative estimate of drug-likeness (QED) is 0.609. The summed E-state index contributed by atoms with van der Waals surface area (Å²) in [6.45, 7) is 1.06. The van der Waals surface area contributed by atoms with Gasteiger partial charge in [0.25, 0.3) is 0 Å². The number of carbonyl (C=O) groups is 2. The molecule has 4 nitrogen and oxygen atoms in total. The fourth-order valence-corrected chi connectivity index (χ4v) is 0.350. The van der Waals surface area contributed by atoms with Gasteiger partial charge in [-0.05, 0) is 6.92 Å². The van der Waals surface area contributed by atoms with Crippen molar-refractivity contribution in [2.45, 2.75) is 19.1 Å². The minimum absolute atomic E-state index is 1.02. The van der Waals surface area contributed by atoms with E-state index in [0.29, 0.717) is 0 Å². The van der Waals surface area contributed by atoms with Crippen molar-refractivity contribution in [1.82, 2.24) is 5.32 Å². The van der Waals surface area contributed by atoms with E-state index in [1.54, 1.807) is 0 Å². The number of hydrogen-bond donors (Lipinski definition) is 2. The van der Waals surface area contributed by atoms with Crippen molar-refractivity contribution in [2.75, 3.05) is 0 Å². The van der Waals surface area contributed by atoms with Gasteiger partial charge in [0.05, 0.1) is 0 Å². The number of amides is 2. The second kappa shape index (κ2) is 3.42. The number of nitrogens with one attached hydrogen (secondary N) is 1. The topological polar surface area (TPSA) is 72.2 Å². The summed E-state index contributed by atoms with van der Waals surface area (Å²) < 4.78 is 34.5. The van der Waals surface area contributed by atoms with Crippen LogP contribution in [0, 0.1) is 0 Å². The highest BCUT2D eigenvalue weighted by Gasteiger charge is 2.39. The van der Waals surface area contributed by atoms with Crippen LogP contribution in [0.25, 0.3) is 0 Å². The zero-order valence-electron chi connectivity index (χ0n) is 6.11. The summed E-state index contributed by atoms with van der Waals surface area (Å²) in [4.78, 5) is 20.3. The highest BCUT2D eigenvalue weighted by Crippen LogP contribution is 2.14. The molecule has 0 radical (unpaired) electrons. The molecule has 3 N–H and O–H groups in total. The summed E-state index contributed by atoms with van der Waals surface area (Å²) in [5.41, 5.74) is 4.61. The first-order valence-electron chi connectivity index (χ1n) is 2.92. The number of primary amides is 1. The van der Waals surface area contributed by atoms with Gasteiger partial charge in [-0.3, -0.25) is 9.59 Å². The summed E-state index contributed by atoms with van der Waals surface area (Å²) in [7, 11) is 0. The lowest BCUT2D eigenvalue weighted by molar-refractivity contribution is -0.174. The SMILES string of the molecule is C[C@@H](NC(=O)C(F)(F)F)C(N)=O. The third-order valence-corrected chi connectivity index (χ3v) is 1.03. The molecule has 1 atom stereocenters. The number of alkyl halides is 3. The smallest absolute Gasteiger partial charge is 0.368 e. The van der Waals surface area contributed by atoms with Crippen molar-refractivity contribution in [1.29, 1.82) is 0 Å². The number of nitrogens with two attached hydrogens (primary N) is 1. The molecule has 12 heavy (non-hydrogen) atoms. The summed E-state index contributed by atoms with van der Waals surface area (Å²) in [6, 6.07) is -1.32. The third-order valence-electron chi connectivity index (χ3n) is 1.03. The lowest BCUT2D eigenvalue weighted by Crippen LogP contribution is -2.47. The Hall–Kier alpha value is -1.27. The standard InChI is InChI=1S/C5H7F3N2O2/c1-2(3(9)11)10-4(12)5(6,7)8/h2H,1H3,(H2,9,11)(H,10,12)/t2-/m1/s1. The van der Waals surface area contributed by atoms with E-state index in [2.05, 4.69) is 5.73 Å². The van der Waals surface area contributed by atoms with Gasteiger partial charge in [-0.25, -0.2) is 0 Å². The van der Waals surface area contributed by atoms with Gasteiger partial charge in [0.15, 0.2) is 0 Å². The minimum atomic E-state index is -4.98. The molecular formula is C5H7F3N2O2. The number of halogens is 3. The Kier molecular flexibility index (Phi) is 3.06. The number of hydrogen-bond acceptors (Lipinski definition) is 2. The van der Waals surface area contributed by atoms with E-state index in [0.717, 1.165) is 6.92 Å². The fourth-order valence-electron chi connectivity index (χ4n) is 0.350. The van der Waals surface area contributed by atoms with Gasteiger partial charge in [0, 0.05) is 0 Å². The molecule has 0 aromatic carbocycles. The van der Waals surface area contributed by atoms with E-state index in [4.69, 9.17) is 0 Å². The maximum atomic E-state index is 11.5. The monoisotopic (exact) mass is 184 g/mol. The van der Waals surface area contributed by atoms with E-state index >= 15 is 0 Å². The molecule has 7 heteroatoms. The van der Waals surface area contributed by atoms with Crippen molar-refractivity contribution in [3.8, 4) is 0 Å². The van der Waals surface area contributed by atoms with E-state index in [9.17, 15) is 22.8 Å². The van der Waals surface area contributed by atoms with Crippen molar-refractivity contribution < 1.29 is 22.8 Å². The summed E-state index contributed by atoms with van der Waals surface area (Å²) in [5, 5.41) is 1.38. The Bertz CT molecular complexity index is 201. The molecule has 0 aromatic rings. The van der Waals surface area contributed by atoms with Crippen LogP contribution >= 0.6 is 0 Å². The van der Waals surface area contributed by atoms with Crippen LogP contribution in [0.4, 0.5) is 13.2 Å². The van der Waals surface area contributed by atoms with Gasteiger partial charge >= 0.3 is 12.1 Å². The highest BCUT2D eigenvalue weighted by atomic mass is 19.4. The Balaban J connectivity index is 4.11. The zero-order chi connectivity index (χ0) is 9.94. The van der Waals surface area contributed by atoms with Crippen LogP contribution in [0.1, 0.15) is 6.92 Å². The summed E-state index contributed by atoms with van der Waals surface area (Å²) >= 11 is 0. The summed E-state index contributed by atoms with van der Waals surface area (Å²) in [6.07, 6.45) is -4.98. The average Bonchev–Trinajstić information content (AvgIpc) is 1.85. The molecule has 0 saturated heterocycles. The normalized spacial score (nSPS) is 13.7. The van der Waals surface area contributed by atoms with Gasteiger partial charge in [0.2, 0.25) is 5.91 Å². The van der Waals surface area contributed by atoms with Crippen LogP contribution in [0.15, 0.2) is 0 Å². The van der Waals surface area contributed by atoms with Crippen LogP contribution < -0.4 is 11.1 Å². The number of rotatable bonds is 2. The molecule has 0 unspecified atom stereocenters. The van der Waals surface area contributed by atoms with E-state index in [-0.39, 0.29) is 0 Å². The van der Waals surface area contributed by atoms with Gasteiger partial charge < -0.3 is 11.1 Å². The van der Waals surface area contributed by atoms with Crippen molar-refractivity contribution >= 4 is 11.8 Å². The largest absolute Gasteiger partial charge is 0.471 e. The Morgan fingerprint density at radius 2 is 1.83 bits per heavy atom. The maximum Gasteiger partial charge on any atom is 0.471 e. The molecule has 0 spiro atoms. The van der Waals surface area contributed by atoms with Gasteiger partial charge in [-0.1, -0.05) is 0 Å². The maximum absolute atomic E-state index is 11.5. The van der Waals surface area contributed by atoms with Gasteiger partial charge in [0.1, 0.15) is 6.04 Å². The van der Waals surface area contributed by atoms with Crippen LogP contribution in [-0.2, 0) is 9.59 Å². The molecular weight excluding hydrogens is 177 g/mol. The predicted octanol–water partition coefficient (Wildman–Crippen LogP) is -0.461. The Morgan fingerprint density at radius 1 is 1.42 bits per heavy atom. The van der Waals surface area contributed by atoms with Crippen molar-refractivity contribution in [2.24, 2.45) is 5.73 Å². The van der Waals surface area contributed by atoms with Crippen LogP contribution in [0.5, 0.6) is 0 Å². The molecule has 0 bridgehead atoms. The third kappa shape index (κ3) is 3.22. The Labute approximate surface area is 65.9 Å². The molecule has 0 aromatic heterocycles. The first kappa shape index (κ1) is 10.7. The van der Waals surface area contributed by atoms with E-state index < -0.39 is 24.0 Å². The van der Waals surface area contributed by atoms with E-state index in [1.165, 1.54) is 5.32 Å². The minimum Gasteiger partial charge on any atom is -0.368 e. The van der Waals surface area contributed by atoms with Crippen LogP contribution in [-0.4, -0.2) is 24.0 Å². The number of carbonyl (C=O) groups excluding carboxylic acids is 2. The highest BCUT2D eigenvalue weighted by molar-refractivity contribution is 5.88. The molecule has 0 saturated carbocycles. The first-order chi connectivity index (χ1) is 5.25. The first-order valence-corrected chi connectivity index (χ1v) is 2.92. The van der Waals surface area contributed by atoms with Gasteiger partial charge in [-0.15, -0.1) is 0 Å². The van der Waals surface area contributed by atoms with Crippen molar-refractivity contribution in [3.05, 3.63) is 0 Å². The Morgan fingerprint density at radius 3 is 2.08 bits per heavy atom. The van der Waals surface area contributed by atoms with Gasteiger partial charge in [-0.2, -0.15) is 13.2 Å². The molecule has 0 aliphatic carbocycles. The average molecular weight is 184 g/mol. The lowest BCUT2D eigenvalue weighted by atomic mass is 10.3. The molecule has 70 valence electrons. The summed E-state index contributed by atoms with van der Waals surface area (Å²) in [5.74, 6) is -3.19. The zero-order valence-corrected chi connectivity index (χ0v) is 6.11. The molecule has 0 rings (SSSR count). The molecule has 0 aliphatic heterocycles. The second-order valence-electron chi connectivity index (χ2n) is 2.10. The fraction of sp³-hybridized carbons (Fsp3) is 0.600. The van der Waals surface area contributed by atoms with Crippen molar-refractivity contribution in [3.63, 3.8) is 0 Å². The van der Waals surface area contributed by atoms with Crippen LogP contribution in [0.3, 0.4) is 0 Å². The molecule has 0 fully saturated rings.